The Labute approximate surface area is 85.9 Å². The van der Waals surface area contributed by atoms with Crippen LogP contribution in [0.1, 0.15) is 38.3 Å². The highest BCUT2D eigenvalue weighted by Crippen LogP contribution is 2.34. The predicted molar refractivity (Wildman–Crippen MR) is 59.8 cm³/mol. The Morgan fingerprint density at radius 2 is 2.43 bits per heavy atom. The van der Waals surface area contributed by atoms with Crippen LogP contribution in [-0.4, -0.2) is 4.98 Å². The summed E-state index contributed by atoms with van der Waals surface area (Å²) in [5, 5.41) is 0. The van der Waals surface area contributed by atoms with Gasteiger partial charge < -0.3 is 0 Å². The molecule has 1 fully saturated rings. The third kappa shape index (κ3) is 2.03. The molecule has 2 rings (SSSR count). The van der Waals surface area contributed by atoms with Gasteiger partial charge in [-0.1, -0.05) is 18.6 Å². The molecule has 0 aliphatic heterocycles. The molecule has 0 bridgehead atoms. The van der Waals surface area contributed by atoms with Crippen LogP contribution in [0.15, 0.2) is 30.0 Å². The van der Waals surface area contributed by atoms with Crippen molar-refractivity contribution in [2.24, 2.45) is 5.92 Å². The maximum atomic E-state index is 4.33. The average molecular weight is 187 g/mol. The summed E-state index contributed by atoms with van der Waals surface area (Å²) in [6, 6.07) is 6.10. The molecule has 1 heterocycles. The number of hydrogen-bond acceptors (Lipinski definition) is 1. The molecule has 0 radical (unpaired) electrons. The summed E-state index contributed by atoms with van der Waals surface area (Å²) in [4.78, 5) is 4.33. The molecule has 1 heteroatoms. The molecule has 0 saturated heterocycles. The van der Waals surface area contributed by atoms with Crippen molar-refractivity contribution in [2.75, 3.05) is 0 Å². The fourth-order valence-corrected chi connectivity index (χ4v) is 2.25. The fourth-order valence-electron chi connectivity index (χ4n) is 2.25. The second-order valence-electron chi connectivity index (χ2n) is 3.97. The summed E-state index contributed by atoms with van der Waals surface area (Å²) in [5.74, 6) is 0.817. The monoisotopic (exact) mass is 187 g/mol. The lowest BCUT2D eigenvalue weighted by molar-refractivity contribution is 0.608. The van der Waals surface area contributed by atoms with Gasteiger partial charge in [-0.05, 0) is 49.8 Å². The molecule has 1 aromatic rings. The van der Waals surface area contributed by atoms with E-state index in [4.69, 9.17) is 0 Å². The third-order valence-electron chi connectivity index (χ3n) is 3.06. The van der Waals surface area contributed by atoms with Gasteiger partial charge in [0, 0.05) is 6.20 Å². The number of aromatic nitrogens is 1. The first kappa shape index (κ1) is 9.45. The van der Waals surface area contributed by atoms with Gasteiger partial charge in [0.2, 0.25) is 0 Å². The Morgan fingerprint density at radius 1 is 1.50 bits per heavy atom. The lowest BCUT2D eigenvalue weighted by Gasteiger charge is -2.07. The Morgan fingerprint density at radius 3 is 3.14 bits per heavy atom. The lowest BCUT2D eigenvalue weighted by Crippen LogP contribution is -1.93. The van der Waals surface area contributed by atoms with E-state index in [2.05, 4.69) is 30.1 Å². The summed E-state index contributed by atoms with van der Waals surface area (Å²) in [7, 11) is 0. The first-order chi connectivity index (χ1) is 6.90. The van der Waals surface area contributed by atoms with Crippen molar-refractivity contribution in [3.05, 3.63) is 35.7 Å². The minimum atomic E-state index is 0.817. The van der Waals surface area contributed by atoms with Crippen LogP contribution in [-0.2, 0) is 0 Å². The fraction of sp³-hybridized carbons (Fsp3) is 0.462. The minimum absolute atomic E-state index is 0.817. The summed E-state index contributed by atoms with van der Waals surface area (Å²) in [6.07, 6.45) is 9.42. The Balaban J connectivity index is 2.18. The molecule has 1 atom stereocenters. The van der Waals surface area contributed by atoms with E-state index < -0.39 is 0 Å². The molecule has 1 aliphatic carbocycles. The van der Waals surface area contributed by atoms with Crippen molar-refractivity contribution in [3.63, 3.8) is 0 Å². The van der Waals surface area contributed by atoms with Crippen LogP contribution in [0.2, 0.25) is 0 Å². The number of pyridine rings is 1. The smallest absolute Gasteiger partial charge is 0.0629 e. The van der Waals surface area contributed by atoms with Crippen LogP contribution < -0.4 is 0 Å². The van der Waals surface area contributed by atoms with E-state index in [-0.39, 0.29) is 0 Å². The van der Waals surface area contributed by atoms with E-state index in [0.29, 0.717) is 0 Å². The molecule has 14 heavy (non-hydrogen) atoms. The molecular weight excluding hydrogens is 170 g/mol. The average Bonchev–Trinajstić information content (AvgIpc) is 2.67. The molecule has 0 N–H and O–H groups in total. The van der Waals surface area contributed by atoms with Crippen molar-refractivity contribution >= 4 is 6.08 Å². The van der Waals surface area contributed by atoms with Crippen LogP contribution in [0.25, 0.3) is 6.08 Å². The van der Waals surface area contributed by atoms with Crippen molar-refractivity contribution < 1.29 is 0 Å². The second kappa shape index (κ2) is 4.41. The highest BCUT2D eigenvalue weighted by atomic mass is 14.6. The zero-order valence-corrected chi connectivity index (χ0v) is 8.74. The summed E-state index contributed by atoms with van der Waals surface area (Å²) in [6.45, 7) is 2.28. The normalized spacial score (nSPS) is 24.4. The van der Waals surface area contributed by atoms with Crippen LogP contribution in [0, 0.1) is 5.92 Å². The Hall–Kier alpha value is -1.11. The van der Waals surface area contributed by atoms with E-state index in [1.807, 2.05) is 12.3 Å². The van der Waals surface area contributed by atoms with E-state index in [0.717, 1.165) is 11.6 Å². The quantitative estimate of drug-likeness (QED) is 0.688. The number of hydrogen-bond donors (Lipinski definition) is 0. The molecule has 1 aromatic heterocycles. The molecular formula is C13H17N. The van der Waals surface area contributed by atoms with Gasteiger partial charge in [-0.2, -0.15) is 0 Å². The van der Waals surface area contributed by atoms with Gasteiger partial charge in [-0.3, -0.25) is 4.98 Å². The van der Waals surface area contributed by atoms with E-state index >= 15 is 0 Å². The number of nitrogens with zero attached hydrogens (tertiary/aromatic N) is 1. The zero-order valence-electron chi connectivity index (χ0n) is 8.74. The first-order valence-electron chi connectivity index (χ1n) is 5.51. The van der Waals surface area contributed by atoms with E-state index in [1.54, 1.807) is 5.57 Å². The third-order valence-corrected chi connectivity index (χ3v) is 3.06. The highest BCUT2D eigenvalue weighted by Gasteiger charge is 2.18. The van der Waals surface area contributed by atoms with Gasteiger partial charge in [-0.15, -0.1) is 0 Å². The van der Waals surface area contributed by atoms with Crippen molar-refractivity contribution in [1.29, 1.82) is 0 Å². The van der Waals surface area contributed by atoms with E-state index in [1.165, 1.54) is 25.7 Å². The van der Waals surface area contributed by atoms with Crippen LogP contribution in [0.3, 0.4) is 0 Å². The predicted octanol–water partition coefficient (Wildman–Crippen LogP) is 3.68. The zero-order chi connectivity index (χ0) is 9.80. The maximum Gasteiger partial charge on any atom is 0.0629 e. The topological polar surface area (TPSA) is 12.9 Å². The van der Waals surface area contributed by atoms with Crippen molar-refractivity contribution in [2.45, 2.75) is 32.6 Å². The molecule has 0 spiro atoms. The van der Waals surface area contributed by atoms with Crippen molar-refractivity contribution in [3.8, 4) is 0 Å². The molecule has 74 valence electrons. The SMILES string of the molecule is CCC1CCC/C1=C/c1ccccn1. The van der Waals surface area contributed by atoms with Crippen LogP contribution in [0.5, 0.6) is 0 Å². The molecule has 1 aliphatic rings. The minimum Gasteiger partial charge on any atom is -0.257 e. The number of allylic oxidation sites excluding steroid dienone is 1. The summed E-state index contributed by atoms with van der Waals surface area (Å²) < 4.78 is 0. The molecule has 1 nitrogen and oxygen atoms in total. The van der Waals surface area contributed by atoms with Gasteiger partial charge >= 0.3 is 0 Å². The van der Waals surface area contributed by atoms with Crippen LogP contribution in [0.4, 0.5) is 0 Å². The van der Waals surface area contributed by atoms with Gasteiger partial charge in [0.05, 0.1) is 5.69 Å². The molecule has 0 aromatic carbocycles. The molecule has 0 amide bonds. The van der Waals surface area contributed by atoms with Crippen molar-refractivity contribution in [1.82, 2.24) is 4.98 Å². The van der Waals surface area contributed by atoms with Gasteiger partial charge in [0.25, 0.3) is 0 Å². The Kier molecular flexibility index (Phi) is 2.97. The summed E-state index contributed by atoms with van der Waals surface area (Å²) in [5.41, 5.74) is 2.72. The number of rotatable bonds is 2. The lowest BCUT2D eigenvalue weighted by atomic mass is 9.99. The largest absolute Gasteiger partial charge is 0.257 e. The second-order valence-corrected chi connectivity index (χ2v) is 3.97. The van der Waals surface area contributed by atoms with Gasteiger partial charge in [-0.25, -0.2) is 0 Å². The standard InChI is InChI=1S/C13H17N/c1-2-11-6-5-7-12(11)10-13-8-3-4-9-14-13/h3-4,8-11H,2,5-7H2,1H3/b12-10-. The first-order valence-corrected chi connectivity index (χ1v) is 5.51. The maximum absolute atomic E-state index is 4.33. The highest BCUT2D eigenvalue weighted by molar-refractivity contribution is 5.49. The van der Waals surface area contributed by atoms with Crippen LogP contribution >= 0.6 is 0 Å². The Bertz CT molecular complexity index is 313. The van der Waals surface area contributed by atoms with Gasteiger partial charge in [0.15, 0.2) is 0 Å². The summed E-state index contributed by atoms with van der Waals surface area (Å²) >= 11 is 0. The molecule has 1 saturated carbocycles. The van der Waals surface area contributed by atoms with E-state index in [9.17, 15) is 0 Å². The molecule has 1 unspecified atom stereocenters. The van der Waals surface area contributed by atoms with Gasteiger partial charge in [0.1, 0.15) is 0 Å².